The first-order valence-corrected chi connectivity index (χ1v) is 15.5. The Hall–Kier alpha value is -2.67. The van der Waals surface area contributed by atoms with E-state index in [1.54, 1.807) is 29.7 Å². The molecule has 1 aliphatic carbocycles. The summed E-state index contributed by atoms with van der Waals surface area (Å²) in [4.78, 5) is 55.6. The van der Waals surface area contributed by atoms with Crippen molar-refractivity contribution in [2.75, 3.05) is 30.5 Å². The van der Waals surface area contributed by atoms with Crippen LogP contribution in [-0.2, 0) is 43.2 Å². The maximum Gasteiger partial charge on any atom is 0.341 e. The van der Waals surface area contributed by atoms with Gasteiger partial charge in [0.1, 0.15) is 11.5 Å². The number of halogens is 1. The Bertz CT molecular complexity index is 1490. The Labute approximate surface area is 242 Å². The van der Waals surface area contributed by atoms with Gasteiger partial charge in [-0.2, -0.15) is 4.99 Å². The number of nitrogens with zero attached hydrogens (tertiary/aromatic N) is 2. The van der Waals surface area contributed by atoms with E-state index in [2.05, 4.69) is 17.2 Å². The second-order valence-corrected chi connectivity index (χ2v) is 12.5. The lowest BCUT2D eigenvalue weighted by atomic mass is 9.88. The van der Waals surface area contributed by atoms with Crippen LogP contribution in [0.25, 0.3) is 10.2 Å². The number of nitrogens with one attached hydrogen (secondary N) is 1. The van der Waals surface area contributed by atoms with E-state index in [1.165, 1.54) is 29.8 Å². The molecule has 1 N–H and O–H groups in total. The quantitative estimate of drug-likeness (QED) is 0.350. The SMILES string of the molecule is CCOC(=O)Cn1c(=NC(=O)CSCC(=O)Nc2sc3c(c2C(=O)OC)CCC(C)C3)sc2cc(Cl)ccc21. The lowest BCUT2D eigenvalue weighted by molar-refractivity contribution is -0.143. The summed E-state index contributed by atoms with van der Waals surface area (Å²) in [5, 5.41) is 3.86. The first-order chi connectivity index (χ1) is 18.7. The number of hydrogen-bond donors (Lipinski definition) is 1. The Kier molecular flexibility index (Phi) is 9.86. The highest BCUT2D eigenvalue weighted by molar-refractivity contribution is 8.00. The van der Waals surface area contributed by atoms with Crippen molar-refractivity contribution in [3.8, 4) is 0 Å². The number of carbonyl (C=O) groups excluding carboxylic acids is 4. The van der Waals surface area contributed by atoms with E-state index in [9.17, 15) is 19.2 Å². The van der Waals surface area contributed by atoms with E-state index < -0.39 is 17.8 Å². The molecule has 0 saturated heterocycles. The van der Waals surface area contributed by atoms with Crippen molar-refractivity contribution in [2.45, 2.75) is 39.7 Å². The Balaban J connectivity index is 1.43. The van der Waals surface area contributed by atoms with Crippen molar-refractivity contribution in [1.29, 1.82) is 0 Å². The predicted molar refractivity (Wildman–Crippen MR) is 155 cm³/mol. The summed E-state index contributed by atoms with van der Waals surface area (Å²) in [5.41, 5.74) is 2.11. The summed E-state index contributed by atoms with van der Waals surface area (Å²) in [6.45, 7) is 4.04. The summed E-state index contributed by atoms with van der Waals surface area (Å²) in [6, 6.07) is 5.22. The number of carbonyl (C=O) groups is 4. The number of amides is 2. The number of anilines is 1. The average Bonchev–Trinajstić information content (AvgIpc) is 3.39. The van der Waals surface area contributed by atoms with Gasteiger partial charge in [-0.3, -0.25) is 14.4 Å². The number of aromatic nitrogens is 1. The number of thiazole rings is 1. The smallest absolute Gasteiger partial charge is 0.341 e. The molecule has 0 saturated carbocycles. The van der Waals surface area contributed by atoms with Crippen molar-refractivity contribution in [3.05, 3.63) is 44.0 Å². The third-order valence-electron chi connectivity index (χ3n) is 6.07. The minimum Gasteiger partial charge on any atom is -0.465 e. The fraction of sp³-hybridized carbons (Fsp3) is 0.423. The first kappa shape index (κ1) is 29.3. The highest BCUT2D eigenvalue weighted by Crippen LogP contribution is 2.40. The van der Waals surface area contributed by atoms with E-state index in [1.807, 2.05) is 0 Å². The molecule has 0 aliphatic heterocycles. The van der Waals surface area contributed by atoms with Crippen LogP contribution in [0.2, 0.25) is 5.02 Å². The van der Waals surface area contributed by atoms with Crippen molar-refractivity contribution in [1.82, 2.24) is 4.57 Å². The van der Waals surface area contributed by atoms with Crippen LogP contribution in [0.15, 0.2) is 23.2 Å². The van der Waals surface area contributed by atoms with E-state index in [0.717, 1.165) is 46.2 Å². The van der Waals surface area contributed by atoms with Crippen molar-refractivity contribution >= 4 is 85.0 Å². The fourth-order valence-electron chi connectivity index (χ4n) is 4.31. The number of thiophene rings is 1. The molecule has 0 spiro atoms. The number of thioether (sulfide) groups is 1. The number of fused-ring (bicyclic) bond motifs is 2. The van der Waals surface area contributed by atoms with Crippen LogP contribution >= 0.6 is 46.0 Å². The highest BCUT2D eigenvalue weighted by atomic mass is 35.5. The van der Waals surface area contributed by atoms with Crippen LogP contribution in [0.4, 0.5) is 5.00 Å². The highest BCUT2D eigenvalue weighted by Gasteiger charge is 2.29. The molecule has 0 radical (unpaired) electrons. The van der Waals surface area contributed by atoms with Gasteiger partial charge in [0.2, 0.25) is 5.91 Å². The summed E-state index contributed by atoms with van der Waals surface area (Å²) in [6.07, 6.45) is 2.62. The normalized spacial score (nSPS) is 15.2. The average molecular weight is 610 g/mol. The summed E-state index contributed by atoms with van der Waals surface area (Å²) >= 11 is 9.88. The van der Waals surface area contributed by atoms with Crippen LogP contribution in [0.1, 0.15) is 41.1 Å². The first-order valence-electron chi connectivity index (χ1n) is 12.3. The second-order valence-electron chi connectivity index (χ2n) is 8.98. The maximum absolute atomic E-state index is 12.7. The van der Waals surface area contributed by atoms with Crippen molar-refractivity contribution < 1.29 is 28.7 Å². The second kappa shape index (κ2) is 13.1. The standard InChI is InChI=1S/C26H28ClN3O6S3/c1-4-36-22(33)11-30-17-8-6-15(27)10-19(17)39-26(30)29-21(32)13-37-12-20(31)28-24-23(25(34)35-3)16-7-5-14(2)9-18(16)38-24/h6,8,10,14H,4-5,7,9,11-13H2,1-3H3,(H,28,31). The lowest BCUT2D eigenvalue weighted by Crippen LogP contribution is -2.23. The molecule has 39 heavy (non-hydrogen) atoms. The minimum absolute atomic E-state index is 0.00565. The molecule has 0 bridgehead atoms. The molecule has 1 aliphatic rings. The molecular formula is C26H28ClN3O6S3. The van der Waals surface area contributed by atoms with Crippen molar-refractivity contribution in [2.24, 2.45) is 10.9 Å². The molecule has 13 heteroatoms. The number of benzene rings is 1. The summed E-state index contributed by atoms with van der Waals surface area (Å²) in [7, 11) is 1.33. The zero-order chi connectivity index (χ0) is 28.1. The van der Waals surface area contributed by atoms with Gasteiger partial charge in [-0.1, -0.05) is 29.9 Å². The Morgan fingerprint density at radius 2 is 2.03 bits per heavy atom. The van der Waals surface area contributed by atoms with Gasteiger partial charge in [0, 0.05) is 9.90 Å². The van der Waals surface area contributed by atoms with Gasteiger partial charge in [-0.15, -0.1) is 23.1 Å². The number of ether oxygens (including phenoxy) is 2. The van der Waals surface area contributed by atoms with E-state index in [4.69, 9.17) is 21.1 Å². The van der Waals surface area contributed by atoms with Gasteiger partial charge in [0.25, 0.3) is 5.91 Å². The number of rotatable bonds is 9. The maximum atomic E-state index is 12.7. The van der Waals surface area contributed by atoms with E-state index >= 15 is 0 Å². The minimum atomic E-state index is -0.459. The van der Waals surface area contributed by atoms with Crippen LogP contribution in [0.3, 0.4) is 0 Å². The van der Waals surface area contributed by atoms with Crippen LogP contribution in [0, 0.1) is 5.92 Å². The monoisotopic (exact) mass is 609 g/mol. The van der Waals surface area contributed by atoms with E-state index in [0.29, 0.717) is 31.8 Å². The van der Waals surface area contributed by atoms with Crippen LogP contribution < -0.4 is 10.1 Å². The van der Waals surface area contributed by atoms with Gasteiger partial charge < -0.3 is 19.4 Å². The van der Waals surface area contributed by atoms with Gasteiger partial charge >= 0.3 is 11.9 Å². The predicted octanol–water partition coefficient (Wildman–Crippen LogP) is 4.69. The Morgan fingerprint density at radius 3 is 2.77 bits per heavy atom. The summed E-state index contributed by atoms with van der Waals surface area (Å²) in [5.74, 6) is -1.18. The molecule has 3 aromatic rings. The molecule has 1 aromatic carbocycles. The van der Waals surface area contributed by atoms with Crippen LogP contribution in [-0.4, -0.2) is 53.5 Å². The third-order valence-corrected chi connectivity index (χ3v) is 9.43. The van der Waals surface area contributed by atoms with Gasteiger partial charge in [0.15, 0.2) is 4.80 Å². The topological polar surface area (TPSA) is 116 Å². The molecule has 1 unspecified atom stereocenters. The number of esters is 2. The molecule has 2 amide bonds. The van der Waals surface area contributed by atoms with Gasteiger partial charge in [0.05, 0.1) is 41.0 Å². The fourth-order valence-corrected chi connectivity index (χ4v) is 7.65. The molecule has 4 rings (SSSR count). The number of hydrogen-bond acceptors (Lipinski definition) is 9. The Morgan fingerprint density at radius 1 is 1.23 bits per heavy atom. The number of methoxy groups -OCH3 is 1. The molecule has 1 atom stereocenters. The molecule has 0 fully saturated rings. The van der Waals surface area contributed by atoms with Gasteiger partial charge in [-0.05, 0) is 55.9 Å². The van der Waals surface area contributed by atoms with E-state index in [-0.39, 0.29) is 30.6 Å². The molecule has 9 nitrogen and oxygen atoms in total. The van der Waals surface area contributed by atoms with Crippen LogP contribution in [0.5, 0.6) is 0 Å². The third kappa shape index (κ3) is 7.10. The lowest BCUT2D eigenvalue weighted by Gasteiger charge is -2.18. The molecule has 2 heterocycles. The largest absolute Gasteiger partial charge is 0.465 e. The zero-order valence-corrected chi connectivity index (χ0v) is 24.9. The van der Waals surface area contributed by atoms with Gasteiger partial charge in [-0.25, -0.2) is 4.79 Å². The molecule has 2 aromatic heterocycles. The summed E-state index contributed by atoms with van der Waals surface area (Å²) < 4.78 is 12.4. The zero-order valence-electron chi connectivity index (χ0n) is 21.7. The molecule has 208 valence electrons. The van der Waals surface area contributed by atoms with Crippen molar-refractivity contribution in [3.63, 3.8) is 0 Å². The molecular weight excluding hydrogens is 582 g/mol.